The first-order chi connectivity index (χ1) is 8.61. The number of anilines is 1. The molecule has 0 heterocycles. The molecular formula is C14H13NO3. The van der Waals surface area contributed by atoms with Crippen molar-refractivity contribution in [2.24, 2.45) is 0 Å². The van der Waals surface area contributed by atoms with Crippen LogP contribution in [0.15, 0.2) is 42.5 Å². The van der Waals surface area contributed by atoms with E-state index in [1.54, 1.807) is 19.2 Å². The van der Waals surface area contributed by atoms with Gasteiger partial charge in [0.2, 0.25) is 0 Å². The molecule has 0 radical (unpaired) electrons. The number of carboxylic acid groups (broad SMARTS) is 1. The van der Waals surface area contributed by atoms with Gasteiger partial charge in [-0.1, -0.05) is 18.2 Å². The van der Waals surface area contributed by atoms with Crippen LogP contribution in [0.5, 0.6) is 5.75 Å². The number of nitrogens with two attached hydrogens (primary N) is 1. The number of hydrogen-bond acceptors (Lipinski definition) is 3. The van der Waals surface area contributed by atoms with E-state index in [0.717, 1.165) is 11.1 Å². The van der Waals surface area contributed by atoms with Crippen molar-refractivity contribution in [3.8, 4) is 16.9 Å². The second-order valence-electron chi connectivity index (χ2n) is 3.85. The van der Waals surface area contributed by atoms with E-state index in [1.807, 2.05) is 24.3 Å². The molecule has 0 saturated heterocycles. The lowest BCUT2D eigenvalue weighted by Crippen LogP contribution is -1.99. The molecule has 2 rings (SSSR count). The number of methoxy groups -OCH3 is 1. The summed E-state index contributed by atoms with van der Waals surface area (Å²) >= 11 is 0. The largest absolute Gasteiger partial charge is 0.496 e. The van der Waals surface area contributed by atoms with Crippen LogP contribution >= 0.6 is 0 Å². The molecule has 0 aliphatic carbocycles. The van der Waals surface area contributed by atoms with E-state index >= 15 is 0 Å². The minimum absolute atomic E-state index is 0.163. The van der Waals surface area contributed by atoms with Crippen LogP contribution in [0.3, 0.4) is 0 Å². The monoisotopic (exact) mass is 243 g/mol. The SMILES string of the molecule is COc1ccccc1-c1cc(N)cc(C(=O)O)c1. The number of carboxylic acids is 1. The molecule has 0 spiro atoms. The fourth-order valence-corrected chi connectivity index (χ4v) is 1.81. The molecule has 0 saturated carbocycles. The van der Waals surface area contributed by atoms with Crippen LogP contribution in [-0.4, -0.2) is 18.2 Å². The molecule has 2 aromatic carbocycles. The molecule has 0 aromatic heterocycles. The van der Waals surface area contributed by atoms with E-state index in [0.29, 0.717) is 11.4 Å². The first-order valence-corrected chi connectivity index (χ1v) is 5.39. The summed E-state index contributed by atoms with van der Waals surface area (Å²) < 4.78 is 5.25. The topological polar surface area (TPSA) is 72.5 Å². The Morgan fingerprint density at radius 1 is 1.22 bits per heavy atom. The van der Waals surface area contributed by atoms with Gasteiger partial charge in [-0.15, -0.1) is 0 Å². The second kappa shape index (κ2) is 4.79. The Bertz CT molecular complexity index is 593. The Balaban J connectivity index is 2.60. The number of rotatable bonds is 3. The quantitative estimate of drug-likeness (QED) is 0.813. The summed E-state index contributed by atoms with van der Waals surface area (Å²) in [6.07, 6.45) is 0. The molecule has 0 bridgehead atoms. The van der Waals surface area contributed by atoms with Gasteiger partial charge in [0.25, 0.3) is 0 Å². The van der Waals surface area contributed by atoms with Crippen LogP contribution in [0.2, 0.25) is 0 Å². The normalized spacial score (nSPS) is 10.1. The predicted molar refractivity (Wildman–Crippen MR) is 69.8 cm³/mol. The number of aromatic carboxylic acids is 1. The molecule has 92 valence electrons. The van der Waals surface area contributed by atoms with Crippen molar-refractivity contribution in [3.05, 3.63) is 48.0 Å². The summed E-state index contributed by atoms with van der Waals surface area (Å²) in [6.45, 7) is 0. The van der Waals surface area contributed by atoms with Crippen molar-refractivity contribution in [2.75, 3.05) is 12.8 Å². The summed E-state index contributed by atoms with van der Waals surface area (Å²) in [4.78, 5) is 11.0. The Labute approximate surface area is 105 Å². The van der Waals surface area contributed by atoms with Gasteiger partial charge in [0, 0.05) is 11.3 Å². The molecule has 3 N–H and O–H groups in total. The van der Waals surface area contributed by atoms with Gasteiger partial charge < -0.3 is 15.6 Å². The van der Waals surface area contributed by atoms with Gasteiger partial charge in [-0.25, -0.2) is 4.79 Å². The highest BCUT2D eigenvalue weighted by Crippen LogP contribution is 2.31. The minimum Gasteiger partial charge on any atom is -0.496 e. The molecule has 0 amide bonds. The van der Waals surface area contributed by atoms with Crippen molar-refractivity contribution >= 4 is 11.7 Å². The van der Waals surface area contributed by atoms with Crippen LogP contribution in [0, 0.1) is 0 Å². The fourth-order valence-electron chi connectivity index (χ4n) is 1.81. The summed E-state index contributed by atoms with van der Waals surface area (Å²) in [7, 11) is 1.57. The highest BCUT2D eigenvalue weighted by atomic mass is 16.5. The lowest BCUT2D eigenvalue weighted by molar-refractivity contribution is 0.0697. The van der Waals surface area contributed by atoms with E-state index in [2.05, 4.69) is 0 Å². The molecule has 4 nitrogen and oxygen atoms in total. The van der Waals surface area contributed by atoms with Crippen LogP contribution < -0.4 is 10.5 Å². The number of nitrogen functional groups attached to an aromatic ring is 1. The van der Waals surface area contributed by atoms with Gasteiger partial charge in [-0.3, -0.25) is 0 Å². The van der Waals surface area contributed by atoms with Crippen LogP contribution in [-0.2, 0) is 0 Å². The highest BCUT2D eigenvalue weighted by molar-refractivity contribution is 5.91. The van der Waals surface area contributed by atoms with Crippen molar-refractivity contribution in [2.45, 2.75) is 0 Å². The standard InChI is InChI=1S/C14H13NO3/c1-18-13-5-3-2-4-12(13)9-6-10(14(16)17)8-11(15)7-9/h2-8H,15H2,1H3,(H,16,17). The fraction of sp³-hybridized carbons (Fsp3) is 0.0714. The molecule has 4 heteroatoms. The van der Waals surface area contributed by atoms with Crippen molar-refractivity contribution in [1.29, 1.82) is 0 Å². The molecule has 0 aliphatic rings. The Morgan fingerprint density at radius 2 is 1.94 bits per heavy atom. The van der Waals surface area contributed by atoms with Gasteiger partial charge >= 0.3 is 5.97 Å². The Morgan fingerprint density at radius 3 is 2.61 bits per heavy atom. The zero-order valence-corrected chi connectivity index (χ0v) is 9.88. The zero-order chi connectivity index (χ0) is 13.1. The molecule has 0 aliphatic heterocycles. The highest BCUT2D eigenvalue weighted by Gasteiger charge is 2.10. The van der Waals surface area contributed by atoms with E-state index in [1.165, 1.54) is 6.07 Å². The summed E-state index contributed by atoms with van der Waals surface area (Å²) in [6, 6.07) is 12.1. The smallest absolute Gasteiger partial charge is 0.335 e. The lowest BCUT2D eigenvalue weighted by atomic mass is 10.0. The summed E-state index contributed by atoms with van der Waals surface area (Å²) in [5.74, 6) is -0.321. The van der Waals surface area contributed by atoms with E-state index < -0.39 is 5.97 Å². The average Bonchev–Trinajstić information content (AvgIpc) is 2.38. The summed E-state index contributed by atoms with van der Waals surface area (Å²) in [5.41, 5.74) is 7.84. The van der Waals surface area contributed by atoms with Gasteiger partial charge in [0.15, 0.2) is 0 Å². The predicted octanol–water partition coefficient (Wildman–Crippen LogP) is 2.64. The van der Waals surface area contributed by atoms with Gasteiger partial charge in [-0.2, -0.15) is 0 Å². The van der Waals surface area contributed by atoms with Gasteiger partial charge in [0.1, 0.15) is 5.75 Å². The van der Waals surface area contributed by atoms with E-state index in [9.17, 15) is 4.79 Å². The van der Waals surface area contributed by atoms with Crippen LogP contribution in [0.1, 0.15) is 10.4 Å². The summed E-state index contributed by atoms with van der Waals surface area (Å²) in [5, 5.41) is 9.02. The van der Waals surface area contributed by atoms with Crippen LogP contribution in [0.25, 0.3) is 11.1 Å². The molecule has 2 aromatic rings. The molecule has 0 fully saturated rings. The second-order valence-corrected chi connectivity index (χ2v) is 3.85. The molecule has 0 unspecified atom stereocenters. The maximum atomic E-state index is 11.0. The number of para-hydroxylation sites is 1. The first-order valence-electron chi connectivity index (χ1n) is 5.39. The average molecular weight is 243 g/mol. The van der Waals surface area contributed by atoms with Crippen molar-refractivity contribution in [3.63, 3.8) is 0 Å². The zero-order valence-electron chi connectivity index (χ0n) is 9.88. The molecule has 0 atom stereocenters. The molecule has 18 heavy (non-hydrogen) atoms. The number of carbonyl (C=O) groups is 1. The third-order valence-corrected chi connectivity index (χ3v) is 2.62. The van der Waals surface area contributed by atoms with Gasteiger partial charge in [-0.05, 0) is 29.8 Å². The third-order valence-electron chi connectivity index (χ3n) is 2.62. The van der Waals surface area contributed by atoms with Crippen LogP contribution in [0.4, 0.5) is 5.69 Å². The van der Waals surface area contributed by atoms with Crippen molar-refractivity contribution < 1.29 is 14.6 Å². The number of ether oxygens (including phenoxy) is 1. The number of hydrogen-bond donors (Lipinski definition) is 2. The minimum atomic E-state index is -1.00. The van der Waals surface area contributed by atoms with Crippen molar-refractivity contribution in [1.82, 2.24) is 0 Å². The first kappa shape index (κ1) is 12.0. The Hall–Kier alpha value is -2.49. The Kier molecular flexibility index (Phi) is 3.19. The maximum absolute atomic E-state index is 11.0. The van der Waals surface area contributed by atoms with E-state index in [-0.39, 0.29) is 5.56 Å². The maximum Gasteiger partial charge on any atom is 0.335 e. The molecular weight excluding hydrogens is 230 g/mol. The lowest BCUT2D eigenvalue weighted by Gasteiger charge is -2.09. The van der Waals surface area contributed by atoms with E-state index in [4.69, 9.17) is 15.6 Å². The van der Waals surface area contributed by atoms with Gasteiger partial charge in [0.05, 0.1) is 12.7 Å². The number of benzene rings is 2. The third kappa shape index (κ3) is 2.27.